The topological polar surface area (TPSA) is 48.7 Å². The molecule has 0 spiro atoms. The van der Waals surface area contributed by atoms with Gasteiger partial charge >= 0.3 is 6.03 Å². The van der Waals surface area contributed by atoms with E-state index < -0.39 is 0 Å². The van der Waals surface area contributed by atoms with E-state index in [-0.39, 0.29) is 11.6 Å². The van der Waals surface area contributed by atoms with Gasteiger partial charge in [0.2, 0.25) is 0 Å². The van der Waals surface area contributed by atoms with Crippen LogP contribution in [0.3, 0.4) is 0 Å². The molecule has 1 heterocycles. The Labute approximate surface area is 156 Å². The Morgan fingerprint density at radius 2 is 1.81 bits per heavy atom. The van der Waals surface area contributed by atoms with Gasteiger partial charge in [-0.15, -0.1) is 0 Å². The van der Waals surface area contributed by atoms with Crippen molar-refractivity contribution in [3.63, 3.8) is 0 Å². The predicted octanol–water partition coefficient (Wildman–Crippen LogP) is 5.10. The first-order chi connectivity index (χ1) is 12.5. The van der Waals surface area contributed by atoms with Crippen LogP contribution in [0.4, 0.5) is 16.2 Å². The molecular formula is C21H29N3O2. The number of nitrogens with one attached hydrogen (secondary N) is 1. The van der Waals surface area contributed by atoms with Gasteiger partial charge in [0.05, 0.1) is 12.8 Å². The molecule has 1 aromatic carbocycles. The molecule has 0 atom stereocenters. The highest BCUT2D eigenvalue weighted by Gasteiger charge is 2.37. The lowest BCUT2D eigenvalue weighted by Gasteiger charge is -2.43. The van der Waals surface area contributed by atoms with Gasteiger partial charge in [0, 0.05) is 31.0 Å². The summed E-state index contributed by atoms with van der Waals surface area (Å²) in [5, 5.41) is 3.07. The van der Waals surface area contributed by atoms with Crippen LogP contribution in [-0.2, 0) is 6.54 Å². The molecule has 1 saturated carbocycles. The van der Waals surface area contributed by atoms with Crippen LogP contribution in [0.5, 0.6) is 0 Å². The molecule has 140 valence electrons. The summed E-state index contributed by atoms with van der Waals surface area (Å²) in [5.41, 5.74) is 1.78. The number of benzene rings is 1. The van der Waals surface area contributed by atoms with Crippen molar-refractivity contribution in [1.29, 1.82) is 0 Å². The van der Waals surface area contributed by atoms with Crippen LogP contribution in [0, 0.1) is 0 Å². The Hall–Kier alpha value is -2.43. The van der Waals surface area contributed by atoms with Crippen molar-refractivity contribution >= 4 is 17.4 Å². The molecule has 0 bridgehead atoms. The molecule has 5 nitrogen and oxygen atoms in total. The summed E-state index contributed by atoms with van der Waals surface area (Å²) in [6, 6.07) is 11.6. The van der Waals surface area contributed by atoms with E-state index in [1.54, 1.807) is 6.26 Å². The average molecular weight is 355 g/mol. The molecule has 1 aliphatic carbocycles. The molecular weight excluding hydrogens is 326 g/mol. The first-order valence-electron chi connectivity index (χ1n) is 9.36. The number of rotatable bonds is 5. The fraction of sp³-hybridized carbons (Fsp3) is 0.476. The van der Waals surface area contributed by atoms with E-state index in [2.05, 4.69) is 12.2 Å². The summed E-state index contributed by atoms with van der Waals surface area (Å²) in [6.45, 7) is 2.69. The first kappa shape index (κ1) is 18.4. The maximum Gasteiger partial charge on any atom is 0.322 e. The molecule has 1 fully saturated rings. The minimum Gasteiger partial charge on any atom is -0.467 e. The predicted molar refractivity (Wildman–Crippen MR) is 106 cm³/mol. The van der Waals surface area contributed by atoms with Crippen LogP contribution < -0.4 is 10.2 Å². The summed E-state index contributed by atoms with van der Waals surface area (Å²) in [7, 11) is 4.01. The van der Waals surface area contributed by atoms with Gasteiger partial charge in [-0.2, -0.15) is 0 Å². The van der Waals surface area contributed by atoms with E-state index in [1.807, 2.05) is 60.3 Å². The quantitative estimate of drug-likeness (QED) is 0.811. The average Bonchev–Trinajstić information content (AvgIpc) is 3.14. The number of hydrogen-bond donors (Lipinski definition) is 1. The van der Waals surface area contributed by atoms with E-state index in [9.17, 15) is 4.79 Å². The van der Waals surface area contributed by atoms with E-state index in [1.165, 1.54) is 6.42 Å². The minimum absolute atomic E-state index is 0.0663. The van der Waals surface area contributed by atoms with Crippen LogP contribution >= 0.6 is 0 Å². The number of furan rings is 1. The molecule has 1 aliphatic rings. The lowest BCUT2D eigenvalue weighted by atomic mass is 9.82. The highest BCUT2D eigenvalue weighted by Crippen LogP contribution is 2.35. The number of urea groups is 1. The Balaban J connectivity index is 1.77. The van der Waals surface area contributed by atoms with E-state index >= 15 is 0 Å². The number of hydrogen-bond acceptors (Lipinski definition) is 3. The summed E-state index contributed by atoms with van der Waals surface area (Å²) >= 11 is 0. The second-order valence-electron chi connectivity index (χ2n) is 7.59. The normalized spacial score (nSPS) is 16.1. The third-order valence-corrected chi connectivity index (χ3v) is 5.36. The highest BCUT2D eigenvalue weighted by molar-refractivity contribution is 5.90. The fourth-order valence-electron chi connectivity index (χ4n) is 3.68. The molecule has 0 saturated heterocycles. The molecule has 1 N–H and O–H groups in total. The van der Waals surface area contributed by atoms with Crippen molar-refractivity contribution in [1.82, 2.24) is 4.90 Å². The first-order valence-corrected chi connectivity index (χ1v) is 9.36. The van der Waals surface area contributed by atoms with Crippen molar-refractivity contribution in [3.05, 3.63) is 48.4 Å². The zero-order valence-electron chi connectivity index (χ0n) is 16.0. The second-order valence-corrected chi connectivity index (χ2v) is 7.59. The van der Waals surface area contributed by atoms with Gasteiger partial charge in [-0.25, -0.2) is 4.79 Å². The zero-order chi connectivity index (χ0) is 18.6. The van der Waals surface area contributed by atoms with E-state index in [0.717, 1.165) is 42.8 Å². The standard InChI is InChI=1S/C21H29N3O2/c1-21(13-5-4-6-14-21)24(16-19-8-7-15-26-19)20(25)22-17-9-11-18(12-10-17)23(2)3/h7-12,15H,4-6,13-14,16H2,1-3H3,(H,22,25). The summed E-state index contributed by atoms with van der Waals surface area (Å²) in [6.07, 6.45) is 7.29. The molecule has 1 aromatic heterocycles. The number of carbonyl (C=O) groups excluding carboxylic acids is 1. The number of carbonyl (C=O) groups is 1. The monoisotopic (exact) mass is 355 g/mol. The largest absolute Gasteiger partial charge is 0.467 e. The Kier molecular flexibility index (Phi) is 5.55. The molecule has 0 unspecified atom stereocenters. The summed E-state index contributed by atoms with van der Waals surface area (Å²) < 4.78 is 5.52. The van der Waals surface area contributed by atoms with Crippen LogP contribution in [0.25, 0.3) is 0 Å². The maximum atomic E-state index is 13.1. The second kappa shape index (κ2) is 7.85. The fourth-order valence-corrected chi connectivity index (χ4v) is 3.68. The Morgan fingerprint density at radius 3 is 2.38 bits per heavy atom. The number of amides is 2. The third kappa shape index (κ3) is 4.21. The lowest BCUT2D eigenvalue weighted by molar-refractivity contribution is 0.0883. The molecule has 0 radical (unpaired) electrons. The van der Waals surface area contributed by atoms with Gasteiger partial charge in [-0.3, -0.25) is 0 Å². The van der Waals surface area contributed by atoms with Crippen molar-refractivity contribution < 1.29 is 9.21 Å². The van der Waals surface area contributed by atoms with Crippen LogP contribution in [0.1, 0.15) is 44.8 Å². The van der Waals surface area contributed by atoms with Crippen molar-refractivity contribution in [2.75, 3.05) is 24.3 Å². The van der Waals surface area contributed by atoms with Gasteiger partial charge in [0.15, 0.2) is 0 Å². The smallest absolute Gasteiger partial charge is 0.322 e. The Morgan fingerprint density at radius 1 is 1.12 bits per heavy atom. The SMILES string of the molecule is CN(C)c1ccc(NC(=O)N(Cc2ccco2)C2(C)CCCCC2)cc1. The molecule has 5 heteroatoms. The summed E-state index contributed by atoms with van der Waals surface area (Å²) in [4.78, 5) is 17.1. The molecule has 2 amide bonds. The van der Waals surface area contributed by atoms with Gasteiger partial charge in [0.1, 0.15) is 5.76 Å². The van der Waals surface area contributed by atoms with Gasteiger partial charge in [0.25, 0.3) is 0 Å². The van der Waals surface area contributed by atoms with Crippen LogP contribution in [0.2, 0.25) is 0 Å². The summed E-state index contributed by atoms with van der Waals surface area (Å²) in [5.74, 6) is 0.815. The highest BCUT2D eigenvalue weighted by atomic mass is 16.3. The Bertz CT molecular complexity index is 701. The van der Waals surface area contributed by atoms with Gasteiger partial charge in [-0.05, 0) is 56.2 Å². The minimum atomic E-state index is -0.140. The van der Waals surface area contributed by atoms with E-state index in [4.69, 9.17) is 4.42 Å². The number of anilines is 2. The van der Waals surface area contributed by atoms with E-state index in [0.29, 0.717) is 6.54 Å². The van der Waals surface area contributed by atoms with Crippen LogP contribution in [-0.4, -0.2) is 30.6 Å². The zero-order valence-corrected chi connectivity index (χ0v) is 16.0. The third-order valence-electron chi connectivity index (χ3n) is 5.36. The van der Waals surface area contributed by atoms with Gasteiger partial charge < -0.3 is 19.5 Å². The molecule has 3 rings (SSSR count). The lowest BCUT2D eigenvalue weighted by Crippen LogP contribution is -2.51. The molecule has 2 aromatic rings. The van der Waals surface area contributed by atoms with Crippen molar-refractivity contribution in [3.8, 4) is 0 Å². The molecule has 0 aliphatic heterocycles. The van der Waals surface area contributed by atoms with Gasteiger partial charge in [-0.1, -0.05) is 19.3 Å². The molecule has 26 heavy (non-hydrogen) atoms. The maximum absolute atomic E-state index is 13.1. The van der Waals surface area contributed by atoms with Crippen molar-refractivity contribution in [2.24, 2.45) is 0 Å². The number of nitrogens with zero attached hydrogens (tertiary/aromatic N) is 2. The van der Waals surface area contributed by atoms with Crippen LogP contribution in [0.15, 0.2) is 47.1 Å². The van der Waals surface area contributed by atoms with Crippen molar-refractivity contribution in [2.45, 2.75) is 51.1 Å².